The second-order valence-electron chi connectivity index (χ2n) is 6.60. The molecule has 7 heteroatoms. The third-order valence-electron chi connectivity index (χ3n) is 4.82. The van der Waals surface area contributed by atoms with Crippen LogP contribution in [0.2, 0.25) is 0 Å². The number of rotatable bonds is 6. The standard InChI is InChI=1S/C21H19N3O4/c1-27-18-8-16-14(7-19(18)28-11-15(26)10-25)6-17-20(23-24-21(16)17)13-4-2-12(9-22)3-5-13/h2-5,7-8,15,25-26H,6,10-11H2,1H3,(H,23,24)/t15-/m0/s1. The van der Waals surface area contributed by atoms with Gasteiger partial charge in [0.15, 0.2) is 11.5 Å². The van der Waals surface area contributed by atoms with Crippen molar-refractivity contribution in [3.8, 4) is 40.1 Å². The molecule has 0 bridgehead atoms. The molecule has 1 heterocycles. The summed E-state index contributed by atoms with van der Waals surface area (Å²) >= 11 is 0. The Kier molecular flexibility index (Phi) is 4.74. The Balaban J connectivity index is 1.67. The fourth-order valence-electron chi connectivity index (χ4n) is 3.38. The Morgan fingerprint density at radius 2 is 2.04 bits per heavy atom. The van der Waals surface area contributed by atoms with Gasteiger partial charge < -0.3 is 19.7 Å². The van der Waals surface area contributed by atoms with Gasteiger partial charge in [0.2, 0.25) is 0 Å². The monoisotopic (exact) mass is 377 g/mol. The Bertz CT molecular complexity index is 1050. The molecule has 7 nitrogen and oxygen atoms in total. The number of nitrogens with one attached hydrogen (secondary N) is 1. The quantitative estimate of drug-likeness (QED) is 0.475. The van der Waals surface area contributed by atoms with Crippen molar-refractivity contribution in [2.24, 2.45) is 0 Å². The van der Waals surface area contributed by atoms with Gasteiger partial charge in [-0.05, 0) is 29.8 Å². The summed E-state index contributed by atoms with van der Waals surface area (Å²) in [5.41, 5.74) is 6.48. The topological polar surface area (TPSA) is 111 Å². The molecule has 142 valence electrons. The second-order valence-corrected chi connectivity index (χ2v) is 6.60. The first-order chi connectivity index (χ1) is 13.6. The van der Waals surface area contributed by atoms with Crippen LogP contribution in [0.3, 0.4) is 0 Å². The van der Waals surface area contributed by atoms with Gasteiger partial charge in [0.25, 0.3) is 0 Å². The van der Waals surface area contributed by atoms with E-state index in [4.69, 9.17) is 19.8 Å². The molecule has 3 N–H and O–H groups in total. The summed E-state index contributed by atoms with van der Waals surface area (Å²) in [4.78, 5) is 0. The lowest BCUT2D eigenvalue weighted by atomic mass is 10.0. The van der Waals surface area contributed by atoms with Gasteiger partial charge in [0.1, 0.15) is 12.7 Å². The third kappa shape index (κ3) is 3.09. The van der Waals surface area contributed by atoms with Crippen LogP contribution in [0.5, 0.6) is 11.5 Å². The SMILES string of the molecule is COc1cc2c(cc1OC[C@@H](O)CO)Cc1c(-c3ccc(C#N)cc3)n[nH]c1-2. The van der Waals surface area contributed by atoms with Gasteiger partial charge in [-0.25, -0.2) is 0 Å². The summed E-state index contributed by atoms with van der Waals surface area (Å²) in [7, 11) is 1.56. The van der Waals surface area contributed by atoms with Crippen LogP contribution in [0.1, 0.15) is 16.7 Å². The number of hydrogen-bond acceptors (Lipinski definition) is 6. The molecule has 0 saturated heterocycles. The number of nitriles is 1. The fraction of sp³-hybridized carbons (Fsp3) is 0.238. The number of hydrogen-bond donors (Lipinski definition) is 3. The van der Waals surface area contributed by atoms with E-state index in [1.807, 2.05) is 24.3 Å². The molecule has 1 atom stereocenters. The third-order valence-corrected chi connectivity index (χ3v) is 4.82. The maximum atomic E-state index is 9.54. The minimum absolute atomic E-state index is 0.0189. The number of fused-ring (bicyclic) bond motifs is 3. The second kappa shape index (κ2) is 7.35. The Morgan fingerprint density at radius 1 is 1.25 bits per heavy atom. The van der Waals surface area contributed by atoms with Gasteiger partial charge in [-0.3, -0.25) is 5.10 Å². The van der Waals surface area contributed by atoms with Gasteiger partial charge in [-0.15, -0.1) is 0 Å². The molecule has 28 heavy (non-hydrogen) atoms. The number of nitrogens with zero attached hydrogens (tertiary/aromatic N) is 2. The number of aromatic amines is 1. The minimum Gasteiger partial charge on any atom is -0.493 e. The lowest BCUT2D eigenvalue weighted by molar-refractivity contribution is 0.0527. The molecule has 0 unspecified atom stereocenters. The van der Waals surface area contributed by atoms with Crippen molar-refractivity contribution < 1.29 is 19.7 Å². The summed E-state index contributed by atoms with van der Waals surface area (Å²) in [5.74, 6) is 1.07. The maximum Gasteiger partial charge on any atom is 0.161 e. The number of aliphatic hydroxyl groups excluding tert-OH is 2. The average molecular weight is 377 g/mol. The van der Waals surface area contributed by atoms with Gasteiger partial charge in [0, 0.05) is 23.1 Å². The Hall–Kier alpha value is -3.34. The van der Waals surface area contributed by atoms with Gasteiger partial charge in [0.05, 0.1) is 36.7 Å². The first-order valence-corrected chi connectivity index (χ1v) is 8.85. The molecule has 0 radical (unpaired) electrons. The lowest BCUT2D eigenvalue weighted by Crippen LogP contribution is -2.21. The van der Waals surface area contributed by atoms with Crippen molar-refractivity contribution in [2.45, 2.75) is 12.5 Å². The number of aromatic nitrogens is 2. The molecule has 0 fully saturated rings. The van der Waals surface area contributed by atoms with E-state index in [1.165, 1.54) is 0 Å². The van der Waals surface area contributed by atoms with E-state index >= 15 is 0 Å². The summed E-state index contributed by atoms with van der Waals surface area (Å²) in [5, 5.41) is 35.1. The highest BCUT2D eigenvalue weighted by atomic mass is 16.5. The highest BCUT2D eigenvalue weighted by Gasteiger charge is 2.27. The van der Waals surface area contributed by atoms with E-state index in [1.54, 1.807) is 19.2 Å². The van der Waals surface area contributed by atoms with Gasteiger partial charge in [-0.2, -0.15) is 10.4 Å². The number of aliphatic hydroxyl groups is 2. The molecule has 0 aliphatic heterocycles. The molecule has 0 spiro atoms. The first-order valence-electron chi connectivity index (χ1n) is 8.85. The molecular weight excluding hydrogens is 358 g/mol. The Labute approximate surface area is 161 Å². The Morgan fingerprint density at radius 3 is 2.71 bits per heavy atom. The van der Waals surface area contributed by atoms with Crippen molar-refractivity contribution in [1.82, 2.24) is 10.2 Å². The molecule has 3 aromatic rings. The minimum atomic E-state index is -0.946. The van der Waals surface area contributed by atoms with Crippen LogP contribution in [-0.2, 0) is 6.42 Å². The normalized spacial score (nSPS) is 12.8. The highest BCUT2D eigenvalue weighted by Crippen LogP contribution is 2.44. The molecule has 0 amide bonds. The smallest absolute Gasteiger partial charge is 0.161 e. The van der Waals surface area contributed by atoms with E-state index in [9.17, 15) is 5.11 Å². The van der Waals surface area contributed by atoms with Crippen molar-refractivity contribution in [2.75, 3.05) is 20.3 Å². The molecule has 4 rings (SSSR count). The summed E-state index contributed by atoms with van der Waals surface area (Å²) < 4.78 is 11.1. The van der Waals surface area contributed by atoms with Crippen molar-refractivity contribution >= 4 is 0 Å². The fourth-order valence-corrected chi connectivity index (χ4v) is 3.38. The first kappa shape index (κ1) is 18.0. The predicted molar refractivity (Wildman–Crippen MR) is 102 cm³/mol. The average Bonchev–Trinajstić information content (AvgIpc) is 3.30. The molecular formula is C21H19N3O4. The van der Waals surface area contributed by atoms with Crippen molar-refractivity contribution in [3.05, 3.63) is 53.1 Å². The maximum absolute atomic E-state index is 9.54. The largest absolute Gasteiger partial charge is 0.493 e. The number of benzene rings is 2. The van der Waals surface area contributed by atoms with Crippen LogP contribution in [0, 0.1) is 11.3 Å². The van der Waals surface area contributed by atoms with Crippen LogP contribution in [0.25, 0.3) is 22.5 Å². The van der Waals surface area contributed by atoms with Crippen LogP contribution in [0.15, 0.2) is 36.4 Å². The summed E-state index contributed by atoms with van der Waals surface area (Å²) in [6, 6.07) is 13.2. The predicted octanol–water partition coefficient (Wildman–Crippen LogP) is 2.26. The van der Waals surface area contributed by atoms with Crippen LogP contribution in [-0.4, -0.2) is 46.8 Å². The van der Waals surface area contributed by atoms with E-state index in [0.717, 1.165) is 33.6 Å². The van der Waals surface area contributed by atoms with Crippen molar-refractivity contribution in [3.63, 3.8) is 0 Å². The zero-order chi connectivity index (χ0) is 19.7. The van der Waals surface area contributed by atoms with Crippen LogP contribution >= 0.6 is 0 Å². The van der Waals surface area contributed by atoms with Gasteiger partial charge >= 0.3 is 0 Å². The molecule has 1 aliphatic rings. The molecule has 2 aromatic carbocycles. The van der Waals surface area contributed by atoms with E-state index < -0.39 is 6.10 Å². The molecule has 0 saturated carbocycles. The molecule has 1 aromatic heterocycles. The lowest BCUT2D eigenvalue weighted by Gasteiger charge is -2.14. The zero-order valence-electron chi connectivity index (χ0n) is 15.3. The number of methoxy groups -OCH3 is 1. The van der Waals surface area contributed by atoms with E-state index in [-0.39, 0.29) is 13.2 Å². The summed E-state index contributed by atoms with van der Waals surface area (Å²) in [6.45, 7) is -0.383. The van der Waals surface area contributed by atoms with E-state index in [2.05, 4.69) is 16.3 Å². The van der Waals surface area contributed by atoms with Crippen LogP contribution < -0.4 is 9.47 Å². The van der Waals surface area contributed by atoms with Gasteiger partial charge in [-0.1, -0.05) is 12.1 Å². The number of ether oxygens (including phenoxy) is 2. The summed E-state index contributed by atoms with van der Waals surface area (Å²) in [6.07, 6.45) is -0.266. The highest BCUT2D eigenvalue weighted by molar-refractivity contribution is 5.82. The molecule has 1 aliphatic carbocycles. The zero-order valence-corrected chi connectivity index (χ0v) is 15.3. The van der Waals surface area contributed by atoms with Crippen LogP contribution in [0.4, 0.5) is 0 Å². The van der Waals surface area contributed by atoms with Crippen molar-refractivity contribution in [1.29, 1.82) is 5.26 Å². The number of H-pyrrole nitrogens is 1. The van der Waals surface area contributed by atoms with E-state index in [0.29, 0.717) is 23.5 Å².